The van der Waals surface area contributed by atoms with Crippen LogP contribution in [0.15, 0.2) is 36.4 Å². The Labute approximate surface area is 227 Å². The van der Waals surface area contributed by atoms with Crippen LogP contribution in [0.1, 0.15) is 54.1 Å². The molecule has 0 saturated carbocycles. The van der Waals surface area contributed by atoms with E-state index >= 15 is 0 Å². The number of ketones is 1. The normalized spacial score (nSPS) is 21.1. The summed E-state index contributed by atoms with van der Waals surface area (Å²) < 4.78 is 18.6. The van der Waals surface area contributed by atoms with Crippen LogP contribution in [0.2, 0.25) is 5.02 Å². The summed E-state index contributed by atoms with van der Waals surface area (Å²) in [5.74, 6) is -1.74. The van der Waals surface area contributed by atoms with Gasteiger partial charge in [0, 0.05) is 32.4 Å². The van der Waals surface area contributed by atoms with E-state index in [4.69, 9.17) is 16.3 Å². The fourth-order valence-electron chi connectivity index (χ4n) is 5.77. The van der Waals surface area contributed by atoms with Crippen molar-refractivity contribution >= 4 is 34.9 Å². The van der Waals surface area contributed by atoms with E-state index < -0.39 is 23.1 Å². The van der Waals surface area contributed by atoms with Crippen molar-refractivity contribution in [1.82, 2.24) is 9.80 Å². The fourth-order valence-corrected chi connectivity index (χ4v) is 6.01. The minimum Gasteiger partial charge on any atom is -0.373 e. The zero-order valence-corrected chi connectivity index (χ0v) is 22.8. The molecule has 0 aromatic heterocycles. The number of likely N-dealkylation sites (tertiary alicyclic amines) is 1. The first-order chi connectivity index (χ1) is 18.0. The molecule has 0 aliphatic carbocycles. The van der Waals surface area contributed by atoms with Crippen molar-refractivity contribution < 1.29 is 23.5 Å². The number of hydrogen-bond donors (Lipinski definition) is 0. The molecule has 7 nitrogen and oxygen atoms in total. The number of likely N-dealkylation sites (N-methyl/N-ethyl adjacent to an activating group) is 1. The second kappa shape index (κ2) is 10.3. The van der Waals surface area contributed by atoms with Crippen molar-refractivity contribution in [2.75, 3.05) is 44.9 Å². The zero-order valence-electron chi connectivity index (χ0n) is 22.0. The lowest BCUT2D eigenvalue weighted by molar-refractivity contribution is -0.148. The summed E-state index contributed by atoms with van der Waals surface area (Å²) >= 11 is 6.59. The Balaban J connectivity index is 1.30. The zero-order chi connectivity index (χ0) is 27.2. The summed E-state index contributed by atoms with van der Waals surface area (Å²) in [6.45, 7) is 5.76. The van der Waals surface area contributed by atoms with Crippen molar-refractivity contribution in [3.8, 4) is 0 Å². The van der Waals surface area contributed by atoms with E-state index in [9.17, 15) is 18.8 Å². The molecule has 1 unspecified atom stereocenters. The highest BCUT2D eigenvalue weighted by Gasteiger charge is 2.44. The van der Waals surface area contributed by atoms with Crippen LogP contribution in [-0.2, 0) is 20.7 Å². The van der Waals surface area contributed by atoms with E-state index in [1.807, 2.05) is 37.9 Å². The van der Waals surface area contributed by atoms with E-state index in [0.717, 1.165) is 30.5 Å². The Morgan fingerprint density at radius 2 is 1.79 bits per heavy atom. The van der Waals surface area contributed by atoms with Crippen LogP contribution in [0.3, 0.4) is 0 Å². The quantitative estimate of drug-likeness (QED) is 0.529. The van der Waals surface area contributed by atoms with Crippen molar-refractivity contribution in [2.24, 2.45) is 5.92 Å². The summed E-state index contributed by atoms with van der Waals surface area (Å²) in [6, 6.07) is 10.0. The summed E-state index contributed by atoms with van der Waals surface area (Å²) in [7, 11) is 1.85. The van der Waals surface area contributed by atoms with Crippen LogP contribution < -0.4 is 4.90 Å². The largest absolute Gasteiger partial charge is 0.373 e. The number of anilines is 1. The van der Waals surface area contributed by atoms with Gasteiger partial charge in [0.25, 0.3) is 11.8 Å². The maximum atomic E-state index is 13.5. The third-order valence-corrected chi connectivity index (χ3v) is 8.42. The van der Waals surface area contributed by atoms with Gasteiger partial charge in [0.1, 0.15) is 12.5 Å². The predicted molar refractivity (Wildman–Crippen MR) is 143 cm³/mol. The number of carbonyl (C=O) groups is 3. The van der Waals surface area contributed by atoms with Gasteiger partial charge in [0.2, 0.25) is 5.78 Å². The van der Waals surface area contributed by atoms with Crippen LogP contribution in [0, 0.1) is 11.7 Å². The molecular formula is C29H33ClFN3O4. The molecule has 0 spiro atoms. The number of benzene rings is 2. The van der Waals surface area contributed by atoms with Gasteiger partial charge >= 0.3 is 0 Å². The number of ether oxygens (including phenoxy) is 1. The number of piperidine rings is 1. The molecule has 2 saturated heterocycles. The van der Waals surface area contributed by atoms with Crippen molar-refractivity contribution in [3.05, 3.63) is 63.9 Å². The molecule has 3 heterocycles. The molecular weight excluding hydrogens is 509 g/mol. The summed E-state index contributed by atoms with van der Waals surface area (Å²) in [6.07, 6.45) is 2.54. The highest BCUT2D eigenvalue weighted by molar-refractivity contribution is 6.39. The first-order valence-corrected chi connectivity index (χ1v) is 13.4. The van der Waals surface area contributed by atoms with Crippen LogP contribution in [-0.4, -0.2) is 73.0 Å². The second-order valence-electron chi connectivity index (χ2n) is 11.3. The Hall–Kier alpha value is -2.97. The number of carbonyl (C=O) groups excluding carboxylic acids is 3. The van der Waals surface area contributed by atoms with Gasteiger partial charge in [-0.25, -0.2) is 4.39 Å². The molecule has 0 bridgehead atoms. The molecule has 2 aromatic carbocycles. The lowest BCUT2D eigenvalue weighted by Crippen LogP contribution is -2.48. The number of amides is 2. The third kappa shape index (κ3) is 5.04. The number of hydrogen-bond acceptors (Lipinski definition) is 5. The van der Waals surface area contributed by atoms with Crippen LogP contribution in [0.4, 0.5) is 10.1 Å². The molecule has 1 atom stereocenters. The van der Waals surface area contributed by atoms with E-state index in [2.05, 4.69) is 0 Å². The van der Waals surface area contributed by atoms with Gasteiger partial charge in [-0.15, -0.1) is 0 Å². The number of Topliss-reactive ketones (excluding diaryl/α,β-unsaturated/α-hetero) is 1. The molecule has 2 fully saturated rings. The average Bonchev–Trinajstić information content (AvgIpc) is 3.42. The lowest BCUT2D eigenvalue weighted by atomic mass is 9.89. The summed E-state index contributed by atoms with van der Waals surface area (Å²) in [5.41, 5.74) is 2.31. The standard InChI is InChI=1S/C29H33ClFN3O4/c1-29(2)16-38-17-34(29)28(37)26(35)23-15-32(3)25-14-24(30)22(13-21(23)25)27(36)33-10-8-19(9-11-33)12-18-4-6-20(31)7-5-18/h4-7,13-14,19,23H,8-12,15-17H2,1-3H3. The molecule has 0 N–H and O–H groups in total. The third-order valence-electron chi connectivity index (χ3n) is 8.11. The number of nitrogens with zero attached hydrogens (tertiary/aromatic N) is 3. The summed E-state index contributed by atoms with van der Waals surface area (Å²) in [5, 5.41) is 0.336. The molecule has 3 aliphatic rings. The number of halogens is 2. The first kappa shape index (κ1) is 26.6. The Bertz CT molecular complexity index is 1260. The fraction of sp³-hybridized carbons (Fsp3) is 0.483. The molecule has 9 heteroatoms. The maximum absolute atomic E-state index is 13.5. The first-order valence-electron chi connectivity index (χ1n) is 13.1. The SMILES string of the molecule is CN1CC(C(=O)C(=O)N2COCC2(C)C)c2cc(C(=O)N3CCC(Cc4ccc(F)cc4)CC3)c(Cl)cc21. The predicted octanol–water partition coefficient (Wildman–Crippen LogP) is 4.27. The van der Waals surface area contributed by atoms with Gasteiger partial charge in [-0.2, -0.15) is 0 Å². The van der Waals surface area contributed by atoms with E-state index in [0.29, 0.717) is 48.3 Å². The monoisotopic (exact) mass is 541 g/mol. The van der Waals surface area contributed by atoms with Crippen molar-refractivity contribution in [3.63, 3.8) is 0 Å². The molecule has 5 rings (SSSR count). The minimum absolute atomic E-state index is 0.0917. The molecule has 2 aromatic rings. The Kier molecular flexibility index (Phi) is 7.22. The van der Waals surface area contributed by atoms with Crippen LogP contribution in [0.25, 0.3) is 0 Å². The molecule has 3 aliphatic heterocycles. The molecule has 38 heavy (non-hydrogen) atoms. The van der Waals surface area contributed by atoms with Gasteiger partial charge in [0.15, 0.2) is 0 Å². The molecule has 2 amide bonds. The number of rotatable bonds is 5. The highest BCUT2D eigenvalue weighted by Crippen LogP contribution is 2.40. The summed E-state index contributed by atoms with van der Waals surface area (Å²) in [4.78, 5) is 45.2. The second-order valence-corrected chi connectivity index (χ2v) is 11.7. The smallest absolute Gasteiger partial charge is 0.293 e. The van der Waals surface area contributed by atoms with Gasteiger partial charge in [0.05, 0.1) is 28.6 Å². The molecule has 202 valence electrons. The average molecular weight is 542 g/mol. The van der Waals surface area contributed by atoms with Crippen molar-refractivity contribution in [1.29, 1.82) is 0 Å². The Morgan fingerprint density at radius 3 is 2.42 bits per heavy atom. The van der Waals surface area contributed by atoms with Crippen molar-refractivity contribution in [2.45, 2.75) is 44.6 Å². The highest BCUT2D eigenvalue weighted by atomic mass is 35.5. The van der Waals surface area contributed by atoms with Gasteiger partial charge in [-0.3, -0.25) is 14.4 Å². The van der Waals surface area contributed by atoms with Gasteiger partial charge in [-0.1, -0.05) is 23.7 Å². The maximum Gasteiger partial charge on any atom is 0.293 e. The van der Waals surface area contributed by atoms with Gasteiger partial charge < -0.3 is 19.4 Å². The number of fused-ring (bicyclic) bond motifs is 1. The van der Waals surface area contributed by atoms with E-state index in [1.54, 1.807) is 17.0 Å². The lowest BCUT2D eigenvalue weighted by Gasteiger charge is -2.32. The van der Waals surface area contributed by atoms with Gasteiger partial charge in [-0.05, 0) is 74.4 Å². The van der Waals surface area contributed by atoms with Crippen LogP contribution in [0.5, 0.6) is 0 Å². The van der Waals surface area contributed by atoms with E-state index in [1.165, 1.54) is 17.0 Å². The Morgan fingerprint density at radius 1 is 1.11 bits per heavy atom. The van der Waals surface area contributed by atoms with E-state index in [-0.39, 0.29) is 18.5 Å². The van der Waals surface area contributed by atoms with Crippen LogP contribution >= 0.6 is 11.6 Å². The minimum atomic E-state index is -0.677. The molecule has 0 radical (unpaired) electrons. The topological polar surface area (TPSA) is 70.2 Å².